The standard InChI is InChI=1S/C8H11NO2/c1-3-4-7(9-2)5-6-8(10)11/h3,7,9H,1,4H2,2H3,(H,10,11). The molecule has 3 heteroatoms. The lowest BCUT2D eigenvalue weighted by atomic mass is 10.2. The first-order valence-corrected chi connectivity index (χ1v) is 3.23. The largest absolute Gasteiger partial charge is 0.472 e. The molecule has 0 spiro atoms. The second kappa shape index (κ2) is 5.51. The average molecular weight is 153 g/mol. The molecular weight excluding hydrogens is 142 g/mol. The van der Waals surface area contributed by atoms with Gasteiger partial charge in [0.2, 0.25) is 0 Å². The molecule has 0 aliphatic rings. The van der Waals surface area contributed by atoms with Crippen molar-refractivity contribution in [1.82, 2.24) is 5.32 Å². The molecule has 60 valence electrons. The van der Waals surface area contributed by atoms with Crippen molar-refractivity contribution in [3.8, 4) is 11.8 Å². The molecule has 0 fully saturated rings. The van der Waals surface area contributed by atoms with Crippen LogP contribution < -0.4 is 5.32 Å². The van der Waals surface area contributed by atoms with Gasteiger partial charge in [-0.25, -0.2) is 4.79 Å². The minimum absolute atomic E-state index is 0.108. The van der Waals surface area contributed by atoms with Crippen molar-refractivity contribution >= 4 is 5.97 Å². The van der Waals surface area contributed by atoms with E-state index in [1.54, 1.807) is 13.1 Å². The Morgan fingerprint density at radius 2 is 2.55 bits per heavy atom. The molecule has 0 aromatic rings. The first-order valence-electron chi connectivity index (χ1n) is 3.23. The van der Waals surface area contributed by atoms with Gasteiger partial charge in [0.05, 0.1) is 6.04 Å². The third kappa shape index (κ3) is 5.19. The molecule has 0 amide bonds. The molecule has 0 aromatic heterocycles. The molecule has 0 aromatic carbocycles. The Labute approximate surface area is 66.1 Å². The number of hydrogen-bond acceptors (Lipinski definition) is 2. The predicted octanol–water partition coefficient (Wildman–Crippen LogP) is 0.238. The van der Waals surface area contributed by atoms with Gasteiger partial charge < -0.3 is 10.4 Å². The summed E-state index contributed by atoms with van der Waals surface area (Å²) < 4.78 is 0. The SMILES string of the molecule is C=CCC(C#CC(=O)O)NC. The van der Waals surface area contributed by atoms with Crippen molar-refractivity contribution in [2.45, 2.75) is 12.5 Å². The fourth-order valence-corrected chi connectivity index (χ4v) is 0.564. The van der Waals surface area contributed by atoms with Crippen LogP contribution in [0, 0.1) is 11.8 Å². The fourth-order valence-electron chi connectivity index (χ4n) is 0.564. The Morgan fingerprint density at radius 3 is 2.91 bits per heavy atom. The first kappa shape index (κ1) is 9.73. The van der Waals surface area contributed by atoms with Gasteiger partial charge in [-0.3, -0.25) is 0 Å². The molecule has 0 radical (unpaired) electrons. The number of carboxylic acid groups (broad SMARTS) is 1. The van der Waals surface area contributed by atoms with Crippen molar-refractivity contribution in [2.75, 3.05) is 7.05 Å². The van der Waals surface area contributed by atoms with Gasteiger partial charge in [0.1, 0.15) is 0 Å². The van der Waals surface area contributed by atoms with E-state index in [9.17, 15) is 4.79 Å². The van der Waals surface area contributed by atoms with Crippen LogP contribution in [0.3, 0.4) is 0 Å². The average Bonchev–Trinajstić information content (AvgIpc) is 1.97. The van der Waals surface area contributed by atoms with Gasteiger partial charge >= 0.3 is 5.97 Å². The van der Waals surface area contributed by atoms with Crippen LogP contribution in [0.4, 0.5) is 0 Å². The van der Waals surface area contributed by atoms with E-state index in [-0.39, 0.29) is 6.04 Å². The van der Waals surface area contributed by atoms with Gasteiger partial charge in [0.15, 0.2) is 0 Å². The highest BCUT2D eigenvalue weighted by atomic mass is 16.4. The van der Waals surface area contributed by atoms with Crippen LogP contribution in [0.15, 0.2) is 12.7 Å². The number of rotatable bonds is 3. The summed E-state index contributed by atoms with van der Waals surface area (Å²) in [6, 6.07) is -0.108. The molecule has 0 saturated carbocycles. The zero-order valence-electron chi connectivity index (χ0n) is 6.42. The van der Waals surface area contributed by atoms with E-state index in [1.807, 2.05) is 5.92 Å². The van der Waals surface area contributed by atoms with E-state index in [0.717, 1.165) is 0 Å². The van der Waals surface area contributed by atoms with Crippen LogP contribution in [0.2, 0.25) is 0 Å². The van der Waals surface area contributed by atoms with Crippen LogP contribution in [-0.2, 0) is 4.79 Å². The molecule has 0 aliphatic heterocycles. The molecule has 2 N–H and O–H groups in total. The zero-order chi connectivity index (χ0) is 8.69. The maximum absolute atomic E-state index is 10.00. The molecule has 1 atom stereocenters. The van der Waals surface area contributed by atoms with Crippen molar-refractivity contribution in [3.05, 3.63) is 12.7 Å². The number of aliphatic carboxylic acids is 1. The van der Waals surface area contributed by atoms with Gasteiger partial charge in [-0.2, -0.15) is 0 Å². The number of carbonyl (C=O) groups is 1. The van der Waals surface area contributed by atoms with Crippen molar-refractivity contribution in [3.63, 3.8) is 0 Å². The van der Waals surface area contributed by atoms with Gasteiger partial charge in [-0.1, -0.05) is 12.0 Å². The van der Waals surface area contributed by atoms with Gasteiger partial charge in [-0.05, 0) is 13.5 Å². The topological polar surface area (TPSA) is 49.3 Å². The van der Waals surface area contributed by atoms with Gasteiger partial charge in [0, 0.05) is 5.92 Å². The summed E-state index contributed by atoms with van der Waals surface area (Å²) in [5, 5.41) is 11.0. The van der Waals surface area contributed by atoms with Crippen LogP contribution in [0.25, 0.3) is 0 Å². The first-order chi connectivity index (χ1) is 5.20. The highest BCUT2D eigenvalue weighted by molar-refractivity contribution is 5.86. The van der Waals surface area contributed by atoms with Gasteiger partial charge in [-0.15, -0.1) is 6.58 Å². The third-order valence-electron chi connectivity index (χ3n) is 1.10. The molecule has 0 bridgehead atoms. The Hall–Kier alpha value is -1.27. The van der Waals surface area contributed by atoms with Crippen LogP contribution in [0.5, 0.6) is 0 Å². The molecule has 0 rings (SSSR count). The molecule has 0 aliphatic carbocycles. The Bertz CT molecular complexity index is 200. The van der Waals surface area contributed by atoms with Crippen molar-refractivity contribution in [1.29, 1.82) is 0 Å². The van der Waals surface area contributed by atoms with E-state index in [1.165, 1.54) is 0 Å². The van der Waals surface area contributed by atoms with Gasteiger partial charge in [0.25, 0.3) is 0 Å². The smallest absolute Gasteiger partial charge is 0.381 e. The second-order valence-corrected chi connectivity index (χ2v) is 1.94. The molecule has 11 heavy (non-hydrogen) atoms. The molecular formula is C8H11NO2. The quantitative estimate of drug-likeness (QED) is 0.451. The van der Waals surface area contributed by atoms with E-state index < -0.39 is 5.97 Å². The number of nitrogens with one attached hydrogen (secondary N) is 1. The predicted molar refractivity (Wildman–Crippen MR) is 43.1 cm³/mol. The third-order valence-corrected chi connectivity index (χ3v) is 1.10. The Morgan fingerprint density at radius 1 is 1.91 bits per heavy atom. The van der Waals surface area contributed by atoms with E-state index in [4.69, 9.17) is 5.11 Å². The van der Waals surface area contributed by atoms with Crippen LogP contribution in [0.1, 0.15) is 6.42 Å². The van der Waals surface area contributed by atoms with E-state index in [2.05, 4.69) is 17.8 Å². The second-order valence-electron chi connectivity index (χ2n) is 1.94. The minimum atomic E-state index is -1.10. The summed E-state index contributed by atoms with van der Waals surface area (Å²) >= 11 is 0. The molecule has 3 nitrogen and oxygen atoms in total. The van der Waals surface area contributed by atoms with Crippen molar-refractivity contribution in [2.24, 2.45) is 0 Å². The maximum atomic E-state index is 10.00. The monoisotopic (exact) mass is 153 g/mol. The number of carboxylic acids is 1. The fraction of sp³-hybridized carbons (Fsp3) is 0.375. The van der Waals surface area contributed by atoms with E-state index in [0.29, 0.717) is 6.42 Å². The van der Waals surface area contributed by atoms with Crippen LogP contribution >= 0.6 is 0 Å². The Kier molecular flexibility index (Phi) is 4.87. The molecule has 1 unspecified atom stereocenters. The summed E-state index contributed by atoms with van der Waals surface area (Å²) in [4.78, 5) is 10.00. The highest BCUT2D eigenvalue weighted by Crippen LogP contribution is 1.88. The van der Waals surface area contributed by atoms with Crippen LogP contribution in [-0.4, -0.2) is 24.2 Å². The lowest BCUT2D eigenvalue weighted by molar-refractivity contribution is -0.130. The maximum Gasteiger partial charge on any atom is 0.381 e. The zero-order valence-corrected chi connectivity index (χ0v) is 6.42. The summed E-state index contributed by atoms with van der Waals surface area (Å²) in [6.07, 6.45) is 2.34. The number of hydrogen-bond donors (Lipinski definition) is 2. The van der Waals surface area contributed by atoms with Crippen molar-refractivity contribution < 1.29 is 9.90 Å². The lowest BCUT2D eigenvalue weighted by Gasteiger charge is -2.03. The summed E-state index contributed by atoms with van der Waals surface area (Å²) in [5.41, 5.74) is 0. The lowest BCUT2D eigenvalue weighted by Crippen LogP contribution is -2.22. The summed E-state index contributed by atoms with van der Waals surface area (Å²) in [5.74, 6) is 3.47. The molecule has 0 heterocycles. The van der Waals surface area contributed by atoms with E-state index >= 15 is 0 Å². The normalized spacial score (nSPS) is 11.0. The summed E-state index contributed by atoms with van der Waals surface area (Å²) in [6.45, 7) is 3.52. The highest BCUT2D eigenvalue weighted by Gasteiger charge is 1.96. The minimum Gasteiger partial charge on any atom is -0.472 e. The summed E-state index contributed by atoms with van der Waals surface area (Å²) in [7, 11) is 1.73. The molecule has 0 saturated heterocycles. The Balaban J connectivity index is 3.98.